The fraction of sp³-hybridized carbons (Fsp3) is 0.667. The maximum Gasteiger partial charge on any atom is 0.134 e. The Morgan fingerprint density at radius 1 is 1.33 bits per heavy atom. The van der Waals surface area contributed by atoms with Crippen molar-refractivity contribution < 1.29 is 0 Å². The molecular formula is C12H19N3. The zero-order valence-electron chi connectivity index (χ0n) is 9.75. The minimum absolute atomic E-state index is 0.252. The van der Waals surface area contributed by atoms with Gasteiger partial charge in [-0.3, -0.25) is 0 Å². The normalized spacial score (nSPS) is 16.7. The Bertz CT molecular complexity index is 362. The van der Waals surface area contributed by atoms with Gasteiger partial charge in [0.25, 0.3) is 0 Å². The van der Waals surface area contributed by atoms with Crippen molar-refractivity contribution in [3.05, 3.63) is 17.6 Å². The lowest BCUT2D eigenvalue weighted by atomic mass is 9.90. The molecule has 0 atom stereocenters. The van der Waals surface area contributed by atoms with Crippen LogP contribution < -0.4 is 5.73 Å². The van der Waals surface area contributed by atoms with Gasteiger partial charge in [0.1, 0.15) is 11.6 Å². The van der Waals surface area contributed by atoms with E-state index in [1.807, 2.05) is 6.07 Å². The second-order valence-corrected chi connectivity index (χ2v) is 5.65. The van der Waals surface area contributed by atoms with Gasteiger partial charge in [-0.15, -0.1) is 0 Å². The molecule has 0 unspecified atom stereocenters. The molecule has 1 aliphatic rings. The Kier molecular flexibility index (Phi) is 2.41. The fourth-order valence-electron chi connectivity index (χ4n) is 1.70. The van der Waals surface area contributed by atoms with Gasteiger partial charge in [-0.25, -0.2) is 9.97 Å². The second-order valence-electron chi connectivity index (χ2n) is 5.65. The summed E-state index contributed by atoms with van der Waals surface area (Å²) in [6, 6.07) is 1.90. The molecule has 0 amide bonds. The summed E-state index contributed by atoms with van der Waals surface area (Å²) in [5, 5.41) is 0. The summed E-state index contributed by atoms with van der Waals surface area (Å²) in [7, 11) is 0. The zero-order valence-corrected chi connectivity index (χ0v) is 9.75. The number of anilines is 1. The van der Waals surface area contributed by atoms with Crippen LogP contribution >= 0.6 is 0 Å². The van der Waals surface area contributed by atoms with E-state index >= 15 is 0 Å². The van der Waals surface area contributed by atoms with E-state index in [1.165, 1.54) is 12.8 Å². The van der Waals surface area contributed by atoms with Crippen LogP contribution in [0.15, 0.2) is 6.07 Å². The molecule has 0 bridgehead atoms. The van der Waals surface area contributed by atoms with Crippen molar-refractivity contribution in [2.75, 3.05) is 5.73 Å². The number of nitrogen functional groups attached to an aromatic ring is 1. The predicted molar refractivity (Wildman–Crippen MR) is 61.6 cm³/mol. The van der Waals surface area contributed by atoms with Crippen molar-refractivity contribution in [1.82, 2.24) is 9.97 Å². The number of rotatable bonds is 2. The van der Waals surface area contributed by atoms with E-state index in [0.717, 1.165) is 17.9 Å². The third-order valence-corrected chi connectivity index (χ3v) is 2.47. The maximum absolute atomic E-state index is 5.79. The molecular weight excluding hydrogens is 186 g/mol. The summed E-state index contributed by atoms with van der Waals surface area (Å²) < 4.78 is 0. The van der Waals surface area contributed by atoms with E-state index in [-0.39, 0.29) is 5.41 Å². The fourth-order valence-corrected chi connectivity index (χ4v) is 1.70. The Hall–Kier alpha value is -1.12. The van der Waals surface area contributed by atoms with Gasteiger partial charge in [-0.1, -0.05) is 20.8 Å². The van der Waals surface area contributed by atoms with Crippen molar-refractivity contribution in [3.8, 4) is 0 Å². The summed E-state index contributed by atoms with van der Waals surface area (Å²) >= 11 is 0. The van der Waals surface area contributed by atoms with Gasteiger partial charge >= 0.3 is 0 Å². The molecule has 0 spiro atoms. The van der Waals surface area contributed by atoms with Crippen molar-refractivity contribution >= 4 is 5.82 Å². The average Bonchev–Trinajstić information content (AvgIpc) is 2.80. The quantitative estimate of drug-likeness (QED) is 0.807. The van der Waals surface area contributed by atoms with Crippen LogP contribution in [0.5, 0.6) is 0 Å². The topological polar surface area (TPSA) is 51.8 Å². The third kappa shape index (κ3) is 2.91. The van der Waals surface area contributed by atoms with Crippen LogP contribution in [0, 0.1) is 5.41 Å². The first-order chi connectivity index (χ1) is 6.94. The number of nitrogens with two attached hydrogens (primary N) is 1. The number of hydrogen-bond donors (Lipinski definition) is 1. The smallest absolute Gasteiger partial charge is 0.134 e. The maximum atomic E-state index is 5.79. The molecule has 2 N–H and O–H groups in total. The summed E-state index contributed by atoms with van der Waals surface area (Å²) in [6.07, 6.45) is 3.40. The van der Waals surface area contributed by atoms with Crippen LogP contribution in [0.2, 0.25) is 0 Å². The van der Waals surface area contributed by atoms with E-state index in [1.54, 1.807) is 0 Å². The van der Waals surface area contributed by atoms with E-state index in [9.17, 15) is 0 Å². The van der Waals surface area contributed by atoms with E-state index < -0.39 is 0 Å². The van der Waals surface area contributed by atoms with Crippen molar-refractivity contribution in [2.24, 2.45) is 5.41 Å². The molecule has 0 aromatic carbocycles. The van der Waals surface area contributed by atoms with Crippen LogP contribution in [0.1, 0.15) is 51.0 Å². The molecule has 15 heavy (non-hydrogen) atoms. The van der Waals surface area contributed by atoms with Crippen molar-refractivity contribution in [3.63, 3.8) is 0 Å². The highest BCUT2D eigenvalue weighted by Crippen LogP contribution is 2.38. The minimum atomic E-state index is 0.252. The van der Waals surface area contributed by atoms with Gasteiger partial charge in [0.15, 0.2) is 0 Å². The van der Waals surface area contributed by atoms with E-state index in [2.05, 4.69) is 30.7 Å². The van der Waals surface area contributed by atoms with Crippen LogP contribution in [0.25, 0.3) is 0 Å². The van der Waals surface area contributed by atoms with Gasteiger partial charge in [-0.05, 0) is 24.7 Å². The van der Waals surface area contributed by atoms with Crippen LogP contribution in [0.4, 0.5) is 5.82 Å². The van der Waals surface area contributed by atoms with Crippen LogP contribution in [-0.2, 0) is 6.42 Å². The lowest BCUT2D eigenvalue weighted by Crippen LogP contribution is -2.12. The van der Waals surface area contributed by atoms with Gasteiger partial charge in [0.05, 0.1) is 0 Å². The van der Waals surface area contributed by atoms with Crippen molar-refractivity contribution in [1.29, 1.82) is 0 Å². The Labute approximate surface area is 91.1 Å². The average molecular weight is 205 g/mol. The van der Waals surface area contributed by atoms with Crippen LogP contribution in [-0.4, -0.2) is 9.97 Å². The molecule has 0 saturated heterocycles. The lowest BCUT2D eigenvalue weighted by molar-refractivity contribution is 0.405. The number of hydrogen-bond acceptors (Lipinski definition) is 3. The number of aromatic nitrogens is 2. The standard InChI is InChI=1S/C12H19N3/c1-12(2,3)7-9-6-10(13)15-11(14-9)8-4-5-8/h6,8H,4-5,7H2,1-3H3,(H2,13,14,15). The highest BCUT2D eigenvalue weighted by Gasteiger charge is 2.27. The van der Waals surface area contributed by atoms with Gasteiger partial charge in [0, 0.05) is 17.7 Å². The molecule has 82 valence electrons. The Morgan fingerprint density at radius 3 is 2.53 bits per heavy atom. The predicted octanol–water partition coefficient (Wildman–Crippen LogP) is 2.52. The molecule has 3 heteroatoms. The third-order valence-electron chi connectivity index (χ3n) is 2.47. The SMILES string of the molecule is CC(C)(C)Cc1cc(N)nc(C2CC2)n1. The lowest BCUT2D eigenvalue weighted by Gasteiger charge is -2.17. The van der Waals surface area contributed by atoms with Gasteiger partial charge in [-0.2, -0.15) is 0 Å². The van der Waals surface area contributed by atoms with Gasteiger partial charge < -0.3 is 5.73 Å². The molecule has 2 rings (SSSR count). The molecule has 1 aliphatic carbocycles. The molecule has 3 nitrogen and oxygen atoms in total. The summed E-state index contributed by atoms with van der Waals surface area (Å²) in [4.78, 5) is 8.88. The van der Waals surface area contributed by atoms with Crippen LogP contribution in [0.3, 0.4) is 0 Å². The molecule has 0 aliphatic heterocycles. The molecule has 1 fully saturated rings. The second kappa shape index (κ2) is 3.47. The molecule has 1 aromatic rings. The Balaban J connectivity index is 2.23. The number of nitrogens with zero attached hydrogens (tertiary/aromatic N) is 2. The molecule has 1 aromatic heterocycles. The summed E-state index contributed by atoms with van der Waals surface area (Å²) in [5.41, 5.74) is 7.12. The molecule has 0 radical (unpaired) electrons. The minimum Gasteiger partial charge on any atom is -0.384 e. The van der Waals surface area contributed by atoms with E-state index in [4.69, 9.17) is 5.73 Å². The summed E-state index contributed by atoms with van der Waals surface area (Å²) in [5.74, 6) is 2.15. The largest absolute Gasteiger partial charge is 0.384 e. The van der Waals surface area contributed by atoms with Crippen molar-refractivity contribution in [2.45, 2.75) is 46.0 Å². The highest BCUT2D eigenvalue weighted by atomic mass is 15.0. The highest BCUT2D eigenvalue weighted by molar-refractivity contribution is 5.31. The first-order valence-corrected chi connectivity index (χ1v) is 5.57. The molecule has 1 heterocycles. The first-order valence-electron chi connectivity index (χ1n) is 5.57. The monoisotopic (exact) mass is 205 g/mol. The first kappa shape index (κ1) is 10.4. The van der Waals surface area contributed by atoms with Gasteiger partial charge in [0.2, 0.25) is 0 Å². The Morgan fingerprint density at radius 2 is 2.00 bits per heavy atom. The summed E-state index contributed by atoms with van der Waals surface area (Å²) in [6.45, 7) is 6.63. The molecule has 1 saturated carbocycles. The van der Waals surface area contributed by atoms with E-state index in [0.29, 0.717) is 11.7 Å². The zero-order chi connectivity index (χ0) is 11.1.